The van der Waals surface area contributed by atoms with E-state index in [-0.39, 0.29) is 53.3 Å². The van der Waals surface area contributed by atoms with Gasteiger partial charge < -0.3 is 19.9 Å². The Labute approximate surface area is 175 Å². The summed E-state index contributed by atoms with van der Waals surface area (Å²) >= 11 is 5.95. The molecule has 1 aliphatic rings. The van der Waals surface area contributed by atoms with Gasteiger partial charge in [-0.3, -0.25) is 19.2 Å². The van der Waals surface area contributed by atoms with Crippen molar-refractivity contribution in [3.63, 3.8) is 0 Å². The Balaban J connectivity index is 1.52. The van der Waals surface area contributed by atoms with Gasteiger partial charge in [-0.05, 0) is 24.5 Å². The number of halogens is 1. The molecule has 4 rings (SSSR count). The molecule has 1 aromatic carbocycles. The lowest BCUT2D eigenvalue weighted by Gasteiger charge is -2.44. The molecule has 0 saturated heterocycles. The van der Waals surface area contributed by atoms with Crippen molar-refractivity contribution >= 4 is 36.5 Å². The number of phosphoric acid groups is 1. The highest BCUT2D eigenvalue weighted by Crippen LogP contribution is 2.50. The molecule has 4 unspecified atom stereocenters. The zero-order chi connectivity index (χ0) is 21.5. The number of rotatable bonds is 7. The van der Waals surface area contributed by atoms with Gasteiger partial charge in [0.2, 0.25) is 5.95 Å². The van der Waals surface area contributed by atoms with Gasteiger partial charge in [0.1, 0.15) is 5.75 Å². The molecule has 0 radical (unpaired) electrons. The number of para-hydroxylation sites is 1. The first-order chi connectivity index (χ1) is 14.3. The summed E-state index contributed by atoms with van der Waals surface area (Å²) in [5, 5.41) is 9.79. The molecule has 0 amide bonds. The van der Waals surface area contributed by atoms with E-state index in [1.165, 1.54) is 18.5 Å². The standard InChI is InChI=1S/C17H19ClN5O6P/c18-11-3-1-2-4-13(11)29-30(26,27)28-7-10-9(6-24)5-12(10)23-8-20-14-15(23)21-17(19)22-16(14)25/h1-4,8-10,12,24H,5-7H2,(H,26,27)(H3,19,21,22,25). The molecule has 1 fully saturated rings. The SMILES string of the molecule is Nc1nc2c(ncn2C2CC(CO)C2COP(=O)(O)Oc2ccccc2Cl)c(=O)[nH]1. The van der Waals surface area contributed by atoms with Crippen LogP contribution >= 0.6 is 19.4 Å². The van der Waals surface area contributed by atoms with Crippen molar-refractivity contribution in [2.24, 2.45) is 11.8 Å². The first kappa shape index (κ1) is 20.8. The zero-order valence-corrected chi connectivity index (χ0v) is 17.2. The van der Waals surface area contributed by atoms with E-state index in [1.807, 2.05) is 0 Å². The third kappa shape index (κ3) is 3.94. The van der Waals surface area contributed by atoms with Gasteiger partial charge in [-0.1, -0.05) is 23.7 Å². The molecular formula is C17H19ClN5O6P. The minimum Gasteiger partial charge on any atom is -0.403 e. The number of nitrogens with zero attached hydrogens (tertiary/aromatic N) is 3. The third-order valence-corrected chi connectivity index (χ3v) is 6.38. The molecular weight excluding hydrogens is 437 g/mol. The number of benzene rings is 1. The number of phosphoric ester groups is 1. The topological polar surface area (TPSA) is 166 Å². The molecule has 4 atom stereocenters. The molecule has 3 aromatic rings. The second-order valence-corrected chi connectivity index (χ2v) is 8.76. The Hall–Kier alpha value is -2.43. The van der Waals surface area contributed by atoms with E-state index in [4.69, 9.17) is 26.4 Å². The number of aromatic nitrogens is 4. The van der Waals surface area contributed by atoms with E-state index >= 15 is 0 Å². The predicted molar refractivity (Wildman–Crippen MR) is 108 cm³/mol. The lowest BCUT2D eigenvalue weighted by Crippen LogP contribution is -2.43. The van der Waals surface area contributed by atoms with Crippen LogP contribution in [0.25, 0.3) is 11.2 Å². The number of anilines is 1. The highest BCUT2D eigenvalue weighted by molar-refractivity contribution is 7.47. The van der Waals surface area contributed by atoms with Crippen molar-refractivity contribution in [2.45, 2.75) is 12.5 Å². The largest absolute Gasteiger partial charge is 0.527 e. The van der Waals surface area contributed by atoms with Crippen molar-refractivity contribution in [1.29, 1.82) is 0 Å². The van der Waals surface area contributed by atoms with Crippen LogP contribution in [0.2, 0.25) is 5.02 Å². The van der Waals surface area contributed by atoms with E-state index in [0.29, 0.717) is 12.1 Å². The molecule has 0 bridgehead atoms. The third-order valence-electron chi connectivity index (χ3n) is 5.17. The van der Waals surface area contributed by atoms with Crippen molar-refractivity contribution in [3.8, 4) is 5.75 Å². The number of hydrogen-bond acceptors (Lipinski definition) is 8. The molecule has 1 aliphatic carbocycles. The maximum absolute atomic E-state index is 12.4. The maximum Gasteiger partial charge on any atom is 0.527 e. The summed E-state index contributed by atoms with van der Waals surface area (Å²) in [5.74, 6) is -0.543. The van der Waals surface area contributed by atoms with Crippen LogP contribution in [0.1, 0.15) is 12.5 Å². The number of nitrogens with one attached hydrogen (secondary N) is 1. The van der Waals surface area contributed by atoms with Gasteiger partial charge in [-0.25, -0.2) is 9.55 Å². The summed E-state index contributed by atoms with van der Waals surface area (Å²) in [6, 6.07) is 5.97. The number of aliphatic hydroxyl groups excluding tert-OH is 1. The van der Waals surface area contributed by atoms with Gasteiger partial charge >= 0.3 is 7.82 Å². The summed E-state index contributed by atoms with van der Waals surface area (Å²) in [5.41, 5.74) is 5.59. The first-order valence-electron chi connectivity index (χ1n) is 9.03. The summed E-state index contributed by atoms with van der Waals surface area (Å²) in [6.07, 6.45) is 2.00. The molecule has 30 heavy (non-hydrogen) atoms. The van der Waals surface area contributed by atoms with Crippen LogP contribution in [-0.4, -0.2) is 42.7 Å². The molecule has 2 aromatic heterocycles. The number of nitrogens with two attached hydrogens (primary N) is 1. The molecule has 2 heterocycles. The van der Waals surface area contributed by atoms with Crippen LogP contribution in [0, 0.1) is 11.8 Å². The molecule has 5 N–H and O–H groups in total. The van der Waals surface area contributed by atoms with Gasteiger partial charge in [0.15, 0.2) is 11.2 Å². The Morgan fingerprint density at radius 3 is 2.90 bits per heavy atom. The molecule has 1 saturated carbocycles. The smallest absolute Gasteiger partial charge is 0.403 e. The first-order valence-corrected chi connectivity index (χ1v) is 10.9. The van der Waals surface area contributed by atoms with E-state index in [9.17, 15) is 19.4 Å². The summed E-state index contributed by atoms with van der Waals surface area (Å²) in [7, 11) is -4.46. The van der Waals surface area contributed by atoms with Crippen LogP contribution in [0.15, 0.2) is 35.4 Å². The predicted octanol–water partition coefficient (Wildman–Crippen LogP) is 1.72. The van der Waals surface area contributed by atoms with Gasteiger partial charge in [0.25, 0.3) is 5.56 Å². The van der Waals surface area contributed by atoms with Gasteiger partial charge in [-0.15, -0.1) is 0 Å². The number of hydrogen-bond donors (Lipinski definition) is 4. The fourth-order valence-electron chi connectivity index (χ4n) is 3.59. The van der Waals surface area contributed by atoms with Crippen molar-refractivity contribution < 1.29 is 23.6 Å². The minimum atomic E-state index is -4.46. The summed E-state index contributed by atoms with van der Waals surface area (Å²) < 4.78 is 24.3. The Kier molecular flexibility index (Phi) is 5.56. The fourth-order valence-corrected chi connectivity index (χ4v) is 4.64. The average molecular weight is 456 g/mol. The molecule has 13 heteroatoms. The summed E-state index contributed by atoms with van der Waals surface area (Å²) in [6.45, 7) is -0.305. The van der Waals surface area contributed by atoms with Crippen LogP contribution in [0.5, 0.6) is 5.75 Å². The second-order valence-electron chi connectivity index (χ2n) is 6.97. The van der Waals surface area contributed by atoms with E-state index in [2.05, 4.69) is 15.0 Å². The molecule has 160 valence electrons. The number of imidazole rings is 1. The highest BCUT2D eigenvalue weighted by Gasteiger charge is 2.44. The van der Waals surface area contributed by atoms with Crippen LogP contribution in [0.4, 0.5) is 5.95 Å². The molecule has 0 aliphatic heterocycles. The van der Waals surface area contributed by atoms with Gasteiger partial charge in [0, 0.05) is 18.6 Å². The van der Waals surface area contributed by atoms with Gasteiger partial charge in [0.05, 0.1) is 18.0 Å². The second kappa shape index (κ2) is 8.01. The quantitative estimate of drug-likeness (QED) is 0.388. The van der Waals surface area contributed by atoms with Gasteiger partial charge in [-0.2, -0.15) is 4.98 Å². The van der Waals surface area contributed by atoms with Crippen molar-refractivity contribution in [2.75, 3.05) is 18.9 Å². The molecule has 0 spiro atoms. The number of nitrogen functional groups attached to an aromatic ring is 1. The Morgan fingerprint density at radius 1 is 1.40 bits per heavy atom. The van der Waals surface area contributed by atoms with E-state index in [0.717, 1.165) is 0 Å². The van der Waals surface area contributed by atoms with Crippen LogP contribution < -0.4 is 15.8 Å². The number of aliphatic hydroxyl groups is 1. The van der Waals surface area contributed by atoms with Crippen LogP contribution in [-0.2, 0) is 9.09 Å². The number of aromatic amines is 1. The minimum absolute atomic E-state index is 0.0216. The zero-order valence-electron chi connectivity index (χ0n) is 15.5. The Morgan fingerprint density at radius 2 is 2.17 bits per heavy atom. The lowest BCUT2D eigenvalue weighted by molar-refractivity contribution is -0.00475. The highest BCUT2D eigenvalue weighted by atomic mass is 35.5. The Bertz CT molecular complexity index is 1180. The fraction of sp³-hybridized carbons (Fsp3) is 0.353. The van der Waals surface area contributed by atoms with Crippen molar-refractivity contribution in [3.05, 3.63) is 46.0 Å². The number of fused-ring (bicyclic) bond motifs is 1. The van der Waals surface area contributed by atoms with Crippen molar-refractivity contribution in [1.82, 2.24) is 19.5 Å². The average Bonchev–Trinajstić information content (AvgIpc) is 3.07. The number of H-pyrrole nitrogens is 1. The van der Waals surface area contributed by atoms with E-state index in [1.54, 1.807) is 16.7 Å². The monoisotopic (exact) mass is 455 g/mol. The molecule has 11 nitrogen and oxygen atoms in total. The maximum atomic E-state index is 12.4. The lowest BCUT2D eigenvalue weighted by atomic mass is 9.70. The normalized spacial score (nSPS) is 23.1. The summed E-state index contributed by atoms with van der Waals surface area (Å²) in [4.78, 5) is 32.7. The van der Waals surface area contributed by atoms with Crippen LogP contribution in [0.3, 0.4) is 0 Å². The van der Waals surface area contributed by atoms with E-state index < -0.39 is 13.4 Å².